The summed E-state index contributed by atoms with van der Waals surface area (Å²) in [6.45, 7) is 5.66. The molecule has 2 fully saturated rings. The van der Waals surface area contributed by atoms with Gasteiger partial charge in [0.2, 0.25) is 5.91 Å². The van der Waals surface area contributed by atoms with Gasteiger partial charge in [0.05, 0.1) is 9.21 Å². The molecule has 172 valence electrons. The fourth-order valence-electron chi connectivity index (χ4n) is 4.54. The molecule has 0 radical (unpaired) electrons. The summed E-state index contributed by atoms with van der Waals surface area (Å²) in [5, 5.41) is 5.88. The molecule has 1 aromatic carbocycles. The topological polar surface area (TPSA) is 61.4 Å². The third kappa shape index (κ3) is 5.72. The number of anilines is 1. The fourth-order valence-corrected chi connectivity index (χ4v) is 5.48. The second-order valence-electron chi connectivity index (χ2n) is 9.10. The number of nitrogens with one attached hydrogen (secondary N) is 2. The van der Waals surface area contributed by atoms with Crippen LogP contribution in [0.1, 0.15) is 67.1 Å². The SMILES string of the molecule is CCCCC(NC(=O)c1ccc(Cl)s1)C(=O)Nc1ccc(C2(CN3CCCC3)CC2)cc1. The predicted octanol–water partition coefficient (Wildman–Crippen LogP) is 5.46. The Morgan fingerprint density at radius 2 is 1.84 bits per heavy atom. The minimum atomic E-state index is -0.576. The zero-order valence-electron chi connectivity index (χ0n) is 18.7. The molecule has 2 aliphatic rings. The van der Waals surface area contributed by atoms with Crippen LogP contribution in [0.3, 0.4) is 0 Å². The zero-order valence-corrected chi connectivity index (χ0v) is 20.2. The molecule has 1 atom stereocenters. The highest BCUT2D eigenvalue weighted by Crippen LogP contribution is 2.49. The van der Waals surface area contributed by atoms with Crippen LogP contribution in [0.4, 0.5) is 5.69 Å². The number of hydrogen-bond donors (Lipinski definition) is 2. The summed E-state index contributed by atoms with van der Waals surface area (Å²) in [6.07, 6.45) is 7.54. The molecule has 2 heterocycles. The Bertz CT molecular complexity index is 933. The molecule has 1 aromatic heterocycles. The lowest BCUT2D eigenvalue weighted by molar-refractivity contribution is -0.118. The number of unbranched alkanes of at least 4 members (excludes halogenated alkanes) is 1. The summed E-state index contributed by atoms with van der Waals surface area (Å²) < 4.78 is 0.558. The number of rotatable bonds is 10. The lowest BCUT2D eigenvalue weighted by atomic mass is 9.95. The van der Waals surface area contributed by atoms with E-state index in [1.54, 1.807) is 12.1 Å². The average molecular weight is 474 g/mol. The van der Waals surface area contributed by atoms with Crippen LogP contribution in [0.2, 0.25) is 4.34 Å². The highest BCUT2D eigenvalue weighted by molar-refractivity contribution is 7.18. The molecule has 1 aliphatic carbocycles. The van der Waals surface area contributed by atoms with Gasteiger partial charge >= 0.3 is 0 Å². The summed E-state index contributed by atoms with van der Waals surface area (Å²) >= 11 is 7.16. The van der Waals surface area contributed by atoms with Crippen molar-refractivity contribution in [3.8, 4) is 0 Å². The number of halogens is 1. The highest BCUT2D eigenvalue weighted by atomic mass is 35.5. The first-order chi connectivity index (χ1) is 15.5. The van der Waals surface area contributed by atoms with E-state index in [1.807, 2.05) is 12.1 Å². The van der Waals surface area contributed by atoms with Crippen molar-refractivity contribution in [1.29, 1.82) is 0 Å². The van der Waals surface area contributed by atoms with Gasteiger partial charge in [-0.2, -0.15) is 0 Å². The van der Waals surface area contributed by atoms with Gasteiger partial charge in [-0.25, -0.2) is 0 Å². The summed E-state index contributed by atoms with van der Waals surface area (Å²) in [4.78, 5) is 28.6. The van der Waals surface area contributed by atoms with Crippen molar-refractivity contribution in [2.45, 2.75) is 63.3 Å². The molecule has 2 N–H and O–H groups in total. The number of thiophene rings is 1. The maximum Gasteiger partial charge on any atom is 0.262 e. The molecular formula is C25H32ClN3O2S. The molecule has 2 amide bonds. The Labute approximate surface area is 199 Å². The highest BCUT2D eigenvalue weighted by Gasteiger charge is 2.45. The van der Waals surface area contributed by atoms with Crippen molar-refractivity contribution >= 4 is 40.4 Å². The molecule has 7 heteroatoms. The lowest BCUT2D eigenvalue weighted by Crippen LogP contribution is -2.43. The number of carbonyl (C=O) groups excluding carboxylic acids is 2. The van der Waals surface area contributed by atoms with Crippen LogP contribution < -0.4 is 10.6 Å². The van der Waals surface area contributed by atoms with E-state index < -0.39 is 6.04 Å². The minimum Gasteiger partial charge on any atom is -0.340 e. The number of hydrogen-bond acceptors (Lipinski definition) is 4. The van der Waals surface area contributed by atoms with E-state index in [0.29, 0.717) is 21.0 Å². The van der Waals surface area contributed by atoms with Gasteiger partial charge in [-0.1, -0.05) is 43.5 Å². The van der Waals surface area contributed by atoms with Crippen LogP contribution in [0, 0.1) is 0 Å². The molecule has 0 spiro atoms. The molecule has 5 nitrogen and oxygen atoms in total. The second-order valence-corrected chi connectivity index (χ2v) is 10.8. The van der Waals surface area contributed by atoms with Gasteiger partial charge in [-0.3, -0.25) is 9.59 Å². The summed E-state index contributed by atoms with van der Waals surface area (Å²) in [5.74, 6) is -0.438. The standard InChI is InChI=1S/C25H32ClN3O2S/c1-2-3-6-20(28-24(31)21-11-12-22(26)32-21)23(30)27-19-9-7-18(8-10-19)25(13-14-25)17-29-15-4-5-16-29/h7-12,20H,2-6,13-17H2,1H3,(H,27,30)(H,28,31). The zero-order chi connectivity index (χ0) is 22.6. The molecule has 1 saturated heterocycles. The first-order valence-electron chi connectivity index (χ1n) is 11.7. The van der Waals surface area contributed by atoms with E-state index in [1.165, 1.54) is 55.7 Å². The van der Waals surface area contributed by atoms with Gasteiger partial charge in [0.15, 0.2) is 0 Å². The predicted molar refractivity (Wildman–Crippen MR) is 132 cm³/mol. The third-order valence-corrected chi connectivity index (χ3v) is 7.84. The van der Waals surface area contributed by atoms with Crippen molar-refractivity contribution in [2.24, 2.45) is 0 Å². The first-order valence-corrected chi connectivity index (χ1v) is 12.9. The smallest absolute Gasteiger partial charge is 0.262 e. The summed E-state index contributed by atoms with van der Waals surface area (Å²) in [7, 11) is 0. The Hall–Kier alpha value is -1.89. The largest absolute Gasteiger partial charge is 0.340 e. The average Bonchev–Trinajstić information content (AvgIpc) is 3.16. The van der Waals surface area contributed by atoms with Gasteiger partial charge in [0.1, 0.15) is 6.04 Å². The molecule has 2 aromatic rings. The van der Waals surface area contributed by atoms with Gasteiger partial charge < -0.3 is 15.5 Å². The quantitative estimate of drug-likeness (QED) is 0.482. The second kappa shape index (κ2) is 10.4. The fraction of sp³-hybridized carbons (Fsp3) is 0.520. The summed E-state index contributed by atoms with van der Waals surface area (Å²) in [6, 6.07) is 11.1. The number of nitrogens with zero attached hydrogens (tertiary/aromatic N) is 1. The third-order valence-electron chi connectivity index (χ3n) is 6.61. The number of benzene rings is 1. The number of amides is 2. The number of carbonyl (C=O) groups is 2. The van der Waals surface area contributed by atoms with E-state index in [0.717, 1.165) is 25.1 Å². The maximum absolute atomic E-state index is 13.0. The first kappa shape index (κ1) is 23.3. The van der Waals surface area contributed by atoms with Gasteiger partial charge in [0, 0.05) is 17.6 Å². The molecular weight excluding hydrogens is 442 g/mol. The van der Waals surface area contributed by atoms with Gasteiger partial charge in [-0.05, 0) is 75.0 Å². The van der Waals surface area contributed by atoms with Crippen molar-refractivity contribution in [3.05, 3.63) is 51.2 Å². The van der Waals surface area contributed by atoms with E-state index in [2.05, 4.69) is 34.6 Å². The number of likely N-dealkylation sites (tertiary alicyclic amines) is 1. The molecule has 1 aliphatic heterocycles. The van der Waals surface area contributed by atoms with Gasteiger partial charge in [0.25, 0.3) is 5.91 Å². The molecule has 0 bridgehead atoms. The van der Waals surface area contributed by atoms with Crippen molar-refractivity contribution < 1.29 is 9.59 Å². The van der Waals surface area contributed by atoms with Crippen LogP contribution in [0.5, 0.6) is 0 Å². The van der Waals surface area contributed by atoms with E-state index in [9.17, 15) is 9.59 Å². The van der Waals surface area contributed by atoms with E-state index >= 15 is 0 Å². The molecule has 32 heavy (non-hydrogen) atoms. The van der Waals surface area contributed by atoms with Crippen LogP contribution in [0.25, 0.3) is 0 Å². The van der Waals surface area contributed by atoms with Crippen molar-refractivity contribution in [1.82, 2.24) is 10.2 Å². The van der Waals surface area contributed by atoms with Crippen molar-refractivity contribution in [3.63, 3.8) is 0 Å². The normalized spacial score (nSPS) is 18.3. The summed E-state index contributed by atoms with van der Waals surface area (Å²) in [5.41, 5.74) is 2.44. The monoisotopic (exact) mass is 473 g/mol. The lowest BCUT2D eigenvalue weighted by Gasteiger charge is -2.23. The minimum absolute atomic E-state index is 0.180. The van der Waals surface area contributed by atoms with E-state index in [4.69, 9.17) is 11.6 Å². The van der Waals surface area contributed by atoms with Crippen LogP contribution in [-0.4, -0.2) is 42.4 Å². The maximum atomic E-state index is 13.0. The molecule has 4 rings (SSSR count). The molecule has 1 unspecified atom stereocenters. The van der Waals surface area contributed by atoms with Crippen molar-refractivity contribution in [2.75, 3.05) is 25.0 Å². The molecule has 1 saturated carbocycles. The van der Waals surface area contributed by atoms with E-state index in [-0.39, 0.29) is 11.8 Å². The van der Waals surface area contributed by atoms with Crippen LogP contribution >= 0.6 is 22.9 Å². The Balaban J connectivity index is 1.37. The van der Waals surface area contributed by atoms with Crippen LogP contribution in [0.15, 0.2) is 36.4 Å². The van der Waals surface area contributed by atoms with Gasteiger partial charge in [-0.15, -0.1) is 11.3 Å². The van der Waals surface area contributed by atoms with Crippen LogP contribution in [-0.2, 0) is 10.2 Å². The Morgan fingerprint density at radius 3 is 2.44 bits per heavy atom. The Morgan fingerprint density at radius 1 is 1.12 bits per heavy atom. The Kier molecular flexibility index (Phi) is 7.54.